The summed E-state index contributed by atoms with van der Waals surface area (Å²) < 4.78 is 26.1. The van der Waals surface area contributed by atoms with E-state index in [0.29, 0.717) is 29.1 Å². The maximum atomic E-state index is 13.1. The number of fused-ring (bicyclic) bond motifs is 2. The smallest absolute Gasteiger partial charge is 0.297 e. The molecule has 0 aliphatic rings. The Morgan fingerprint density at radius 2 is 1.88 bits per heavy atom. The second kappa shape index (κ2) is 6.08. The molecular weight excluding hydrogens is 324 g/mol. The minimum Gasteiger partial charge on any atom is -0.362 e. The van der Waals surface area contributed by atoms with Gasteiger partial charge in [0.25, 0.3) is 6.43 Å². The molecular formula is C18H15F2N5. The van der Waals surface area contributed by atoms with Crippen LogP contribution < -0.4 is 5.32 Å². The van der Waals surface area contributed by atoms with Crippen LogP contribution in [0.1, 0.15) is 23.6 Å². The van der Waals surface area contributed by atoms with E-state index in [1.165, 1.54) is 0 Å². The molecule has 0 fully saturated rings. The van der Waals surface area contributed by atoms with E-state index < -0.39 is 12.2 Å². The minimum atomic E-state index is -2.72. The predicted octanol–water partition coefficient (Wildman–Crippen LogP) is 4.36. The van der Waals surface area contributed by atoms with Crippen LogP contribution in [0.25, 0.3) is 21.9 Å². The van der Waals surface area contributed by atoms with Crippen LogP contribution in [0.15, 0.2) is 42.5 Å². The van der Waals surface area contributed by atoms with Gasteiger partial charge in [-0.2, -0.15) is 0 Å². The van der Waals surface area contributed by atoms with E-state index in [1.54, 1.807) is 18.2 Å². The van der Waals surface area contributed by atoms with Gasteiger partial charge in [0.15, 0.2) is 5.82 Å². The molecule has 0 unspecified atom stereocenters. The molecule has 2 aromatic heterocycles. The molecule has 0 radical (unpaired) electrons. The van der Waals surface area contributed by atoms with Gasteiger partial charge in [0.1, 0.15) is 11.6 Å². The van der Waals surface area contributed by atoms with E-state index in [4.69, 9.17) is 0 Å². The first kappa shape index (κ1) is 15.4. The molecule has 7 heteroatoms. The molecule has 2 N–H and O–H groups in total. The number of para-hydroxylation sites is 2. The van der Waals surface area contributed by atoms with Crippen molar-refractivity contribution in [3.05, 3.63) is 59.7 Å². The molecule has 2 aromatic carbocycles. The fourth-order valence-electron chi connectivity index (χ4n) is 2.80. The zero-order chi connectivity index (χ0) is 17.4. The number of rotatable bonds is 4. The summed E-state index contributed by atoms with van der Waals surface area (Å²) in [5, 5.41) is 3.80. The Hall–Kier alpha value is -3.09. The van der Waals surface area contributed by atoms with Crippen molar-refractivity contribution < 1.29 is 8.78 Å². The molecule has 4 aromatic rings. The molecule has 0 bridgehead atoms. The van der Waals surface area contributed by atoms with Crippen molar-refractivity contribution in [2.75, 3.05) is 5.32 Å². The Kier molecular flexibility index (Phi) is 3.76. The summed E-state index contributed by atoms with van der Waals surface area (Å²) in [5.41, 5.74) is 3.40. The number of hydrogen-bond acceptors (Lipinski definition) is 4. The normalized spacial score (nSPS) is 11.5. The SMILES string of the molecule is Cc1cccc2[nH]c(CNc3nc(C(F)F)nc4ccccc34)nc12. The highest BCUT2D eigenvalue weighted by Gasteiger charge is 2.15. The number of benzene rings is 2. The maximum absolute atomic E-state index is 13.1. The molecule has 0 aliphatic carbocycles. The number of halogens is 2. The molecule has 0 saturated heterocycles. The number of aromatic nitrogens is 4. The molecule has 25 heavy (non-hydrogen) atoms. The number of nitrogens with zero attached hydrogens (tertiary/aromatic N) is 3. The summed E-state index contributed by atoms with van der Waals surface area (Å²) >= 11 is 0. The van der Waals surface area contributed by atoms with E-state index in [2.05, 4.69) is 25.3 Å². The monoisotopic (exact) mass is 339 g/mol. The van der Waals surface area contributed by atoms with Crippen molar-refractivity contribution in [3.8, 4) is 0 Å². The number of hydrogen-bond donors (Lipinski definition) is 2. The van der Waals surface area contributed by atoms with E-state index >= 15 is 0 Å². The first-order valence-electron chi connectivity index (χ1n) is 7.85. The zero-order valence-corrected chi connectivity index (χ0v) is 13.4. The summed E-state index contributed by atoms with van der Waals surface area (Å²) in [6.45, 7) is 2.34. The number of H-pyrrole nitrogens is 1. The van der Waals surface area contributed by atoms with Crippen LogP contribution in [0.4, 0.5) is 14.6 Å². The van der Waals surface area contributed by atoms with Gasteiger partial charge in [0.05, 0.1) is 23.1 Å². The first-order chi connectivity index (χ1) is 12.1. The third-order valence-corrected chi connectivity index (χ3v) is 4.00. The highest BCUT2D eigenvalue weighted by molar-refractivity contribution is 5.89. The van der Waals surface area contributed by atoms with Crippen molar-refractivity contribution in [2.45, 2.75) is 19.9 Å². The van der Waals surface area contributed by atoms with Crippen LogP contribution in [0.3, 0.4) is 0 Å². The van der Waals surface area contributed by atoms with Gasteiger partial charge in [-0.15, -0.1) is 0 Å². The Morgan fingerprint density at radius 3 is 2.68 bits per heavy atom. The van der Waals surface area contributed by atoms with Gasteiger partial charge >= 0.3 is 0 Å². The van der Waals surface area contributed by atoms with Gasteiger partial charge in [0.2, 0.25) is 0 Å². The largest absolute Gasteiger partial charge is 0.362 e. The fraction of sp³-hybridized carbons (Fsp3) is 0.167. The maximum Gasteiger partial charge on any atom is 0.297 e. The first-order valence-corrected chi connectivity index (χ1v) is 7.85. The van der Waals surface area contributed by atoms with E-state index in [1.807, 2.05) is 31.2 Å². The molecule has 2 heterocycles. The average molecular weight is 339 g/mol. The second-order valence-electron chi connectivity index (χ2n) is 5.76. The Labute approximate surface area is 142 Å². The van der Waals surface area contributed by atoms with Crippen molar-refractivity contribution in [3.63, 3.8) is 0 Å². The van der Waals surface area contributed by atoms with Gasteiger partial charge in [-0.05, 0) is 30.7 Å². The number of nitrogens with one attached hydrogen (secondary N) is 2. The predicted molar refractivity (Wildman–Crippen MR) is 92.7 cm³/mol. The van der Waals surface area contributed by atoms with Crippen LogP contribution in [0, 0.1) is 6.92 Å². The summed E-state index contributed by atoms with van der Waals surface area (Å²) in [6.07, 6.45) is -2.72. The van der Waals surface area contributed by atoms with Crippen LogP contribution in [0.5, 0.6) is 0 Å². The van der Waals surface area contributed by atoms with Gasteiger partial charge < -0.3 is 10.3 Å². The van der Waals surface area contributed by atoms with E-state index in [9.17, 15) is 8.78 Å². The van der Waals surface area contributed by atoms with Crippen molar-refractivity contribution in [2.24, 2.45) is 0 Å². The second-order valence-corrected chi connectivity index (χ2v) is 5.76. The van der Waals surface area contributed by atoms with Crippen molar-refractivity contribution >= 4 is 27.8 Å². The number of anilines is 1. The molecule has 0 aliphatic heterocycles. The molecule has 0 saturated carbocycles. The van der Waals surface area contributed by atoms with Crippen LogP contribution in [0.2, 0.25) is 0 Å². The Balaban J connectivity index is 1.68. The van der Waals surface area contributed by atoms with Crippen LogP contribution >= 0.6 is 0 Å². The zero-order valence-electron chi connectivity index (χ0n) is 13.4. The Bertz CT molecular complexity index is 1060. The van der Waals surface area contributed by atoms with Crippen molar-refractivity contribution in [1.82, 2.24) is 19.9 Å². The molecule has 126 valence electrons. The van der Waals surface area contributed by atoms with Gasteiger partial charge in [0, 0.05) is 5.39 Å². The van der Waals surface area contributed by atoms with Gasteiger partial charge in [-0.3, -0.25) is 0 Å². The lowest BCUT2D eigenvalue weighted by Gasteiger charge is -2.09. The van der Waals surface area contributed by atoms with Gasteiger partial charge in [-0.1, -0.05) is 24.3 Å². The highest BCUT2D eigenvalue weighted by Crippen LogP contribution is 2.25. The number of alkyl halides is 2. The molecule has 5 nitrogen and oxygen atoms in total. The van der Waals surface area contributed by atoms with Crippen LogP contribution in [-0.2, 0) is 6.54 Å². The lowest BCUT2D eigenvalue weighted by molar-refractivity contribution is 0.141. The molecule has 0 amide bonds. The minimum absolute atomic E-state index is 0.345. The fourth-order valence-corrected chi connectivity index (χ4v) is 2.80. The summed E-state index contributed by atoms with van der Waals surface area (Å²) in [4.78, 5) is 15.7. The average Bonchev–Trinajstić information content (AvgIpc) is 3.04. The van der Waals surface area contributed by atoms with Crippen LogP contribution in [-0.4, -0.2) is 19.9 Å². The number of imidazole rings is 1. The third-order valence-electron chi connectivity index (χ3n) is 4.00. The summed E-state index contributed by atoms with van der Waals surface area (Å²) in [7, 11) is 0. The Morgan fingerprint density at radius 1 is 1.04 bits per heavy atom. The lowest BCUT2D eigenvalue weighted by Crippen LogP contribution is -2.07. The molecule has 4 rings (SSSR count). The van der Waals surface area contributed by atoms with Crippen molar-refractivity contribution in [1.29, 1.82) is 0 Å². The standard InChI is InChI=1S/C18H15F2N5/c1-10-5-4-8-13-15(10)24-14(22-13)9-21-17-11-6-2-3-7-12(11)23-18(25-17)16(19)20/h2-8,16H,9H2,1H3,(H,22,24)(H,21,23,25). The van der Waals surface area contributed by atoms with Gasteiger partial charge in [-0.25, -0.2) is 23.7 Å². The number of aromatic amines is 1. The lowest BCUT2D eigenvalue weighted by atomic mass is 10.2. The van der Waals surface area contributed by atoms with E-state index in [0.717, 1.165) is 16.6 Å². The highest BCUT2D eigenvalue weighted by atomic mass is 19.3. The van der Waals surface area contributed by atoms with E-state index in [-0.39, 0.29) is 0 Å². The quantitative estimate of drug-likeness (QED) is 0.579. The molecule has 0 atom stereocenters. The third kappa shape index (κ3) is 2.88. The molecule has 0 spiro atoms. The summed E-state index contributed by atoms with van der Waals surface area (Å²) in [6, 6.07) is 13.0. The topological polar surface area (TPSA) is 66.5 Å². The number of aryl methyl sites for hydroxylation is 1. The summed E-state index contributed by atoms with van der Waals surface area (Å²) in [5.74, 6) is 0.602.